The maximum atomic E-state index is 12.9. The average Bonchev–Trinajstić information content (AvgIpc) is 2.59. The lowest BCUT2D eigenvalue weighted by molar-refractivity contribution is 0.630. The first-order valence-corrected chi connectivity index (χ1v) is 5.28. The molecule has 0 saturated heterocycles. The molecule has 0 fully saturated rings. The highest BCUT2D eigenvalue weighted by atomic mass is 32.1. The Morgan fingerprint density at radius 1 is 1.57 bits per heavy atom. The van der Waals surface area contributed by atoms with E-state index in [1.165, 1.54) is 23.5 Å². The van der Waals surface area contributed by atoms with E-state index in [1.54, 1.807) is 6.07 Å². The molecule has 2 aromatic rings. The lowest BCUT2D eigenvalue weighted by Gasteiger charge is -2.00. The summed E-state index contributed by atoms with van der Waals surface area (Å²) in [6.07, 6.45) is 0. The number of hydrogen-bond acceptors (Lipinski definition) is 3. The van der Waals surface area contributed by atoms with E-state index in [1.807, 2.05) is 6.92 Å². The van der Waals surface area contributed by atoms with Crippen molar-refractivity contribution in [3.8, 4) is 0 Å². The molecule has 0 aliphatic carbocycles. The third-order valence-corrected chi connectivity index (χ3v) is 3.39. The molecule has 1 aromatic heterocycles. The molecule has 1 aromatic carbocycles. The SMILES string of the molecule is CC(CN)c1nc2ccc(F)cc2s1. The molecule has 14 heavy (non-hydrogen) atoms. The van der Waals surface area contributed by atoms with Crippen molar-refractivity contribution in [1.82, 2.24) is 4.98 Å². The summed E-state index contributed by atoms with van der Waals surface area (Å²) >= 11 is 1.51. The largest absolute Gasteiger partial charge is 0.330 e. The van der Waals surface area contributed by atoms with Crippen LogP contribution in [0.5, 0.6) is 0 Å². The molecule has 1 atom stereocenters. The van der Waals surface area contributed by atoms with Crippen LogP contribution in [0.4, 0.5) is 4.39 Å². The minimum absolute atomic E-state index is 0.215. The minimum Gasteiger partial charge on any atom is -0.330 e. The molecule has 4 heteroatoms. The van der Waals surface area contributed by atoms with Crippen LogP contribution in [0.1, 0.15) is 17.8 Å². The Hall–Kier alpha value is -1.000. The van der Waals surface area contributed by atoms with Crippen LogP contribution in [-0.4, -0.2) is 11.5 Å². The van der Waals surface area contributed by atoms with E-state index in [2.05, 4.69) is 4.98 Å². The number of nitrogens with zero attached hydrogens (tertiary/aromatic N) is 1. The Morgan fingerprint density at radius 2 is 2.36 bits per heavy atom. The van der Waals surface area contributed by atoms with Gasteiger partial charge in [-0.2, -0.15) is 0 Å². The van der Waals surface area contributed by atoms with Crippen LogP contribution in [0.2, 0.25) is 0 Å². The molecule has 2 nitrogen and oxygen atoms in total. The fourth-order valence-electron chi connectivity index (χ4n) is 1.23. The first-order chi connectivity index (χ1) is 6.70. The van der Waals surface area contributed by atoms with E-state index in [0.29, 0.717) is 6.54 Å². The molecule has 0 aliphatic heterocycles. The van der Waals surface area contributed by atoms with E-state index in [4.69, 9.17) is 5.73 Å². The minimum atomic E-state index is -0.215. The van der Waals surface area contributed by atoms with Crippen molar-refractivity contribution < 1.29 is 4.39 Å². The van der Waals surface area contributed by atoms with Crippen LogP contribution in [0.3, 0.4) is 0 Å². The molecule has 0 amide bonds. The number of rotatable bonds is 2. The fraction of sp³-hybridized carbons (Fsp3) is 0.300. The second kappa shape index (κ2) is 3.63. The van der Waals surface area contributed by atoms with Gasteiger partial charge in [-0.05, 0) is 18.2 Å². The van der Waals surface area contributed by atoms with E-state index in [0.717, 1.165) is 15.2 Å². The van der Waals surface area contributed by atoms with Gasteiger partial charge < -0.3 is 5.73 Å². The average molecular weight is 210 g/mol. The topological polar surface area (TPSA) is 38.9 Å². The van der Waals surface area contributed by atoms with Gasteiger partial charge in [0.2, 0.25) is 0 Å². The van der Waals surface area contributed by atoms with Gasteiger partial charge in [0.25, 0.3) is 0 Å². The lowest BCUT2D eigenvalue weighted by atomic mass is 10.2. The van der Waals surface area contributed by atoms with E-state index in [9.17, 15) is 4.39 Å². The zero-order chi connectivity index (χ0) is 10.1. The second-order valence-electron chi connectivity index (χ2n) is 3.30. The molecular weight excluding hydrogens is 199 g/mol. The molecule has 0 aliphatic rings. The van der Waals surface area contributed by atoms with Gasteiger partial charge in [-0.15, -0.1) is 11.3 Å². The number of hydrogen-bond donors (Lipinski definition) is 1. The zero-order valence-electron chi connectivity index (χ0n) is 7.83. The number of thiazole rings is 1. The van der Waals surface area contributed by atoms with Crippen LogP contribution in [-0.2, 0) is 0 Å². The zero-order valence-corrected chi connectivity index (χ0v) is 8.64. The Labute approximate surface area is 85.6 Å². The summed E-state index contributed by atoms with van der Waals surface area (Å²) in [7, 11) is 0. The second-order valence-corrected chi connectivity index (χ2v) is 4.36. The van der Waals surface area contributed by atoms with Gasteiger partial charge in [-0.1, -0.05) is 6.92 Å². The molecule has 0 saturated carbocycles. The van der Waals surface area contributed by atoms with Crippen LogP contribution < -0.4 is 5.73 Å². The Bertz CT molecular complexity index is 452. The van der Waals surface area contributed by atoms with Gasteiger partial charge in [0.15, 0.2) is 0 Å². The van der Waals surface area contributed by atoms with Gasteiger partial charge in [0, 0.05) is 12.5 Å². The number of fused-ring (bicyclic) bond motifs is 1. The highest BCUT2D eigenvalue weighted by Gasteiger charge is 2.09. The quantitative estimate of drug-likeness (QED) is 0.827. The van der Waals surface area contributed by atoms with Crippen LogP contribution >= 0.6 is 11.3 Å². The first kappa shape index (κ1) is 9.55. The van der Waals surface area contributed by atoms with E-state index in [-0.39, 0.29) is 11.7 Å². The highest BCUT2D eigenvalue weighted by molar-refractivity contribution is 7.18. The fourth-order valence-corrected chi connectivity index (χ4v) is 2.28. The molecule has 2 rings (SSSR count). The summed E-state index contributed by atoms with van der Waals surface area (Å²) in [6, 6.07) is 4.65. The molecule has 74 valence electrons. The molecule has 1 heterocycles. The molecular formula is C10H11FN2S. The molecule has 1 unspecified atom stereocenters. The molecule has 0 spiro atoms. The predicted octanol–water partition coefficient (Wildman–Crippen LogP) is 2.50. The van der Waals surface area contributed by atoms with Gasteiger partial charge in [-0.3, -0.25) is 0 Å². The number of benzene rings is 1. The first-order valence-electron chi connectivity index (χ1n) is 4.46. The summed E-state index contributed by atoms with van der Waals surface area (Å²) in [5.41, 5.74) is 6.40. The third-order valence-electron chi connectivity index (χ3n) is 2.14. The van der Waals surface area contributed by atoms with Crippen LogP contribution in [0.15, 0.2) is 18.2 Å². The molecule has 2 N–H and O–H groups in total. The standard InChI is InChI=1S/C10H11FN2S/c1-6(5-12)10-13-8-3-2-7(11)4-9(8)14-10/h2-4,6H,5,12H2,1H3. The summed E-state index contributed by atoms with van der Waals surface area (Å²) in [4.78, 5) is 4.40. The van der Waals surface area contributed by atoms with Gasteiger partial charge in [-0.25, -0.2) is 9.37 Å². The Kier molecular flexibility index (Phi) is 2.48. The number of nitrogens with two attached hydrogens (primary N) is 1. The van der Waals surface area contributed by atoms with Crippen molar-refractivity contribution in [2.75, 3.05) is 6.54 Å². The van der Waals surface area contributed by atoms with Crippen molar-refractivity contribution in [3.63, 3.8) is 0 Å². The highest BCUT2D eigenvalue weighted by Crippen LogP contribution is 2.27. The van der Waals surface area contributed by atoms with Crippen molar-refractivity contribution in [2.24, 2.45) is 5.73 Å². The normalized spacial score (nSPS) is 13.4. The monoisotopic (exact) mass is 210 g/mol. The van der Waals surface area contributed by atoms with Crippen molar-refractivity contribution in [3.05, 3.63) is 29.0 Å². The lowest BCUT2D eigenvalue weighted by Crippen LogP contribution is -2.08. The maximum absolute atomic E-state index is 12.9. The Balaban J connectivity index is 2.51. The third kappa shape index (κ3) is 1.63. The Morgan fingerprint density at radius 3 is 3.07 bits per heavy atom. The van der Waals surface area contributed by atoms with Crippen molar-refractivity contribution >= 4 is 21.6 Å². The molecule has 0 bridgehead atoms. The van der Waals surface area contributed by atoms with Gasteiger partial charge in [0.05, 0.1) is 15.2 Å². The smallest absolute Gasteiger partial charge is 0.124 e. The molecule has 0 radical (unpaired) electrons. The summed E-state index contributed by atoms with van der Waals surface area (Å²) in [5, 5.41) is 0.980. The predicted molar refractivity (Wildman–Crippen MR) is 57.0 cm³/mol. The van der Waals surface area contributed by atoms with E-state index >= 15 is 0 Å². The maximum Gasteiger partial charge on any atom is 0.124 e. The van der Waals surface area contributed by atoms with Crippen molar-refractivity contribution in [1.29, 1.82) is 0 Å². The van der Waals surface area contributed by atoms with E-state index < -0.39 is 0 Å². The summed E-state index contributed by atoms with van der Waals surface area (Å²) in [6.45, 7) is 2.59. The number of aromatic nitrogens is 1. The van der Waals surface area contributed by atoms with Crippen LogP contribution in [0, 0.1) is 5.82 Å². The van der Waals surface area contributed by atoms with Gasteiger partial charge in [0.1, 0.15) is 5.82 Å². The summed E-state index contributed by atoms with van der Waals surface area (Å²) in [5.74, 6) is 0.0311. The van der Waals surface area contributed by atoms with Crippen LogP contribution in [0.25, 0.3) is 10.2 Å². The number of halogens is 1. The van der Waals surface area contributed by atoms with Gasteiger partial charge >= 0.3 is 0 Å². The summed E-state index contributed by atoms with van der Waals surface area (Å²) < 4.78 is 13.8. The van der Waals surface area contributed by atoms with Crippen molar-refractivity contribution in [2.45, 2.75) is 12.8 Å².